The van der Waals surface area contributed by atoms with Crippen molar-refractivity contribution >= 4 is 33.4 Å². The first-order chi connectivity index (χ1) is 10.1. The summed E-state index contributed by atoms with van der Waals surface area (Å²) in [7, 11) is 0. The van der Waals surface area contributed by atoms with Crippen LogP contribution in [-0.2, 0) is 0 Å². The maximum atomic E-state index is 12.1. The van der Waals surface area contributed by atoms with E-state index in [9.17, 15) is 9.59 Å². The second-order valence-electron chi connectivity index (χ2n) is 4.23. The van der Waals surface area contributed by atoms with E-state index in [0.29, 0.717) is 28.0 Å². The number of anilines is 1. The van der Waals surface area contributed by atoms with Crippen molar-refractivity contribution in [3.63, 3.8) is 0 Å². The highest BCUT2D eigenvalue weighted by Gasteiger charge is 2.11. The first kappa shape index (κ1) is 15.2. The van der Waals surface area contributed by atoms with E-state index < -0.39 is 0 Å². The number of carbonyl (C=O) groups is 2. The molecule has 2 amide bonds. The molecule has 0 bridgehead atoms. The Morgan fingerprint density at radius 2 is 1.86 bits per heavy atom. The van der Waals surface area contributed by atoms with Crippen molar-refractivity contribution in [3.8, 4) is 0 Å². The van der Waals surface area contributed by atoms with Gasteiger partial charge in [0.15, 0.2) is 0 Å². The number of benzene rings is 1. The summed E-state index contributed by atoms with van der Waals surface area (Å²) in [6, 6.07) is 10.1. The molecule has 0 aliphatic carbocycles. The van der Waals surface area contributed by atoms with Crippen LogP contribution < -0.4 is 10.6 Å². The van der Waals surface area contributed by atoms with Crippen LogP contribution in [-0.4, -0.2) is 23.3 Å². The van der Waals surface area contributed by atoms with Gasteiger partial charge in [-0.05, 0) is 59.3 Å². The second kappa shape index (κ2) is 6.99. The van der Waals surface area contributed by atoms with Gasteiger partial charge in [-0.15, -0.1) is 0 Å². The lowest BCUT2D eigenvalue weighted by Gasteiger charge is -2.07. The third-order valence-corrected chi connectivity index (χ3v) is 3.38. The molecule has 2 aromatic rings. The van der Waals surface area contributed by atoms with Gasteiger partial charge in [-0.1, -0.05) is 0 Å². The van der Waals surface area contributed by atoms with Crippen LogP contribution in [0.25, 0.3) is 0 Å². The largest absolute Gasteiger partial charge is 0.352 e. The molecule has 6 heteroatoms. The molecule has 108 valence electrons. The minimum atomic E-state index is -0.263. The quantitative estimate of drug-likeness (QED) is 0.835. The van der Waals surface area contributed by atoms with Gasteiger partial charge in [-0.2, -0.15) is 0 Å². The van der Waals surface area contributed by atoms with Crippen LogP contribution in [0.3, 0.4) is 0 Å². The highest BCUT2D eigenvalue weighted by atomic mass is 79.9. The molecule has 0 fully saturated rings. The summed E-state index contributed by atoms with van der Waals surface area (Å²) in [4.78, 5) is 27.7. The predicted molar refractivity (Wildman–Crippen MR) is 84.3 cm³/mol. The van der Waals surface area contributed by atoms with Crippen molar-refractivity contribution in [2.45, 2.75) is 6.92 Å². The number of hydrogen-bond donors (Lipinski definition) is 2. The third kappa shape index (κ3) is 3.88. The number of pyridine rings is 1. The summed E-state index contributed by atoms with van der Waals surface area (Å²) >= 11 is 3.23. The highest BCUT2D eigenvalue weighted by molar-refractivity contribution is 9.10. The van der Waals surface area contributed by atoms with Crippen molar-refractivity contribution in [1.29, 1.82) is 0 Å². The molecular weight excluding hydrogens is 334 g/mol. The van der Waals surface area contributed by atoms with E-state index in [0.717, 1.165) is 0 Å². The first-order valence-electron chi connectivity index (χ1n) is 6.42. The summed E-state index contributed by atoms with van der Waals surface area (Å²) in [5, 5.41) is 5.47. The van der Waals surface area contributed by atoms with Crippen molar-refractivity contribution in [3.05, 3.63) is 58.3 Å². The molecule has 0 spiro atoms. The number of aromatic nitrogens is 1. The van der Waals surface area contributed by atoms with Crippen LogP contribution in [0.4, 0.5) is 5.69 Å². The van der Waals surface area contributed by atoms with E-state index >= 15 is 0 Å². The average molecular weight is 348 g/mol. The number of carbonyl (C=O) groups excluding carboxylic acids is 2. The topological polar surface area (TPSA) is 71.1 Å². The fourth-order valence-electron chi connectivity index (χ4n) is 1.72. The van der Waals surface area contributed by atoms with Crippen LogP contribution in [0, 0.1) is 0 Å². The van der Waals surface area contributed by atoms with E-state index in [2.05, 4.69) is 31.5 Å². The summed E-state index contributed by atoms with van der Waals surface area (Å²) in [5.74, 6) is -0.397. The maximum absolute atomic E-state index is 12.1. The molecule has 1 aromatic carbocycles. The molecule has 0 radical (unpaired) electrons. The summed E-state index contributed by atoms with van der Waals surface area (Å²) in [5.41, 5.74) is 1.62. The zero-order valence-electron chi connectivity index (χ0n) is 11.4. The number of rotatable bonds is 4. The smallest absolute Gasteiger partial charge is 0.258 e. The Hall–Kier alpha value is -2.21. The summed E-state index contributed by atoms with van der Waals surface area (Å²) < 4.78 is 0.487. The fraction of sp³-hybridized carbons (Fsp3) is 0.133. The Balaban J connectivity index is 2.09. The monoisotopic (exact) mass is 347 g/mol. The maximum Gasteiger partial charge on any atom is 0.258 e. The molecule has 2 rings (SSSR count). The van der Waals surface area contributed by atoms with Gasteiger partial charge in [0.2, 0.25) is 0 Å². The fourth-order valence-corrected chi connectivity index (χ4v) is 2.15. The van der Waals surface area contributed by atoms with Crippen molar-refractivity contribution in [1.82, 2.24) is 10.3 Å². The van der Waals surface area contributed by atoms with Crippen molar-refractivity contribution < 1.29 is 9.59 Å². The number of nitrogens with zero attached hydrogens (tertiary/aromatic N) is 1. The van der Waals surface area contributed by atoms with Gasteiger partial charge in [0.1, 0.15) is 4.60 Å². The van der Waals surface area contributed by atoms with Crippen molar-refractivity contribution in [2.75, 3.05) is 11.9 Å². The molecule has 0 saturated carbocycles. The molecule has 21 heavy (non-hydrogen) atoms. The van der Waals surface area contributed by atoms with Gasteiger partial charge in [0, 0.05) is 24.0 Å². The Kier molecular flexibility index (Phi) is 5.05. The van der Waals surface area contributed by atoms with E-state index in [1.54, 1.807) is 42.6 Å². The van der Waals surface area contributed by atoms with Gasteiger partial charge in [-0.3, -0.25) is 9.59 Å². The molecule has 0 aliphatic heterocycles. The number of halogens is 1. The molecule has 5 nitrogen and oxygen atoms in total. The molecule has 0 aliphatic rings. The SMILES string of the molecule is CCNC(=O)c1ccc(NC(=O)c2cccnc2Br)cc1. The summed E-state index contributed by atoms with van der Waals surface area (Å²) in [6.07, 6.45) is 1.60. The molecule has 0 atom stereocenters. The zero-order chi connectivity index (χ0) is 15.2. The molecule has 2 N–H and O–H groups in total. The zero-order valence-corrected chi connectivity index (χ0v) is 13.0. The van der Waals surface area contributed by atoms with Crippen LogP contribution in [0.15, 0.2) is 47.2 Å². The predicted octanol–water partition coefficient (Wildman–Crippen LogP) is 2.85. The van der Waals surface area contributed by atoms with E-state index in [1.807, 2.05) is 6.92 Å². The lowest BCUT2D eigenvalue weighted by atomic mass is 10.2. The van der Waals surface area contributed by atoms with Gasteiger partial charge >= 0.3 is 0 Å². The van der Waals surface area contributed by atoms with Crippen LogP contribution >= 0.6 is 15.9 Å². The number of hydrogen-bond acceptors (Lipinski definition) is 3. The van der Waals surface area contributed by atoms with Gasteiger partial charge in [0.05, 0.1) is 5.56 Å². The molecular formula is C15H14BrN3O2. The standard InChI is InChI=1S/C15H14BrN3O2/c1-2-17-14(20)10-5-7-11(8-6-10)19-15(21)12-4-3-9-18-13(12)16/h3-9H,2H2,1H3,(H,17,20)(H,19,21). The van der Waals surface area contributed by atoms with Crippen molar-refractivity contribution in [2.24, 2.45) is 0 Å². The minimum Gasteiger partial charge on any atom is -0.352 e. The highest BCUT2D eigenvalue weighted by Crippen LogP contribution is 2.16. The Labute approximate surface area is 130 Å². The number of amides is 2. The molecule has 0 saturated heterocycles. The Bertz CT molecular complexity index is 656. The van der Waals surface area contributed by atoms with Crippen LogP contribution in [0.2, 0.25) is 0 Å². The Morgan fingerprint density at radius 3 is 2.48 bits per heavy atom. The molecule has 0 unspecified atom stereocenters. The van der Waals surface area contributed by atoms with Gasteiger partial charge in [0.25, 0.3) is 11.8 Å². The molecule has 1 heterocycles. The first-order valence-corrected chi connectivity index (χ1v) is 7.21. The Morgan fingerprint density at radius 1 is 1.14 bits per heavy atom. The lowest BCUT2D eigenvalue weighted by Crippen LogP contribution is -2.22. The van der Waals surface area contributed by atoms with E-state index in [1.165, 1.54) is 0 Å². The normalized spacial score (nSPS) is 10.0. The number of nitrogens with one attached hydrogen (secondary N) is 2. The third-order valence-electron chi connectivity index (χ3n) is 2.75. The summed E-state index contributed by atoms with van der Waals surface area (Å²) in [6.45, 7) is 2.44. The molecule has 1 aromatic heterocycles. The van der Waals surface area contributed by atoms with E-state index in [-0.39, 0.29) is 11.8 Å². The van der Waals surface area contributed by atoms with Crippen LogP contribution in [0.1, 0.15) is 27.6 Å². The lowest BCUT2D eigenvalue weighted by molar-refractivity contribution is 0.0955. The minimum absolute atomic E-state index is 0.134. The van der Waals surface area contributed by atoms with Gasteiger partial charge in [-0.25, -0.2) is 4.98 Å². The van der Waals surface area contributed by atoms with Gasteiger partial charge < -0.3 is 10.6 Å². The average Bonchev–Trinajstić information content (AvgIpc) is 2.48. The van der Waals surface area contributed by atoms with Crippen LogP contribution in [0.5, 0.6) is 0 Å². The second-order valence-corrected chi connectivity index (χ2v) is 4.98. The van der Waals surface area contributed by atoms with E-state index in [4.69, 9.17) is 0 Å².